The van der Waals surface area contributed by atoms with Crippen molar-refractivity contribution in [2.24, 2.45) is 0 Å². The van der Waals surface area contributed by atoms with E-state index in [1.54, 1.807) is 6.08 Å². The van der Waals surface area contributed by atoms with E-state index in [1.807, 2.05) is 52.8 Å². The fourth-order valence-corrected chi connectivity index (χ4v) is 2.52. The van der Waals surface area contributed by atoms with Gasteiger partial charge in [0.1, 0.15) is 5.76 Å². The Morgan fingerprint density at radius 3 is 1.95 bits per heavy atom. The summed E-state index contributed by atoms with van der Waals surface area (Å²) in [6.45, 7) is 13.9. The summed E-state index contributed by atoms with van der Waals surface area (Å²) in [4.78, 5) is 0. The van der Waals surface area contributed by atoms with Crippen LogP contribution >= 0.6 is 0 Å². The fourth-order valence-electron chi connectivity index (χ4n) is 2.52. The number of allylic oxidation sites excluding steroid dienone is 1. The molecule has 0 unspecified atom stereocenters. The van der Waals surface area contributed by atoms with Gasteiger partial charge >= 0.3 is 0 Å². The Kier molecular flexibility index (Phi) is 6.65. The summed E-state index contributed by atoms with van der Waals surface area (Å²) < 4.78 is 0. The van der Waals surface area contributed by atoms with Gasteiger partial charge in [-0.2, -0.15) is 0 Å². The lowest BCUT2D eigenvalue weighted by Crippen LogP contribution is -2.02. The molecule has 0 bridgehead atoms. The minimum Gasteiger partial charge on any atom is -0.508 e. The minimum absolute atomic E-state index is 0.304. The van der Waals surface area contributed by atoms with Gasteiger partial charge in [-0.25, -0.2) is 0 Å². The van der Waals surface area contributed by atoms with Gasteiger partial charge in [0.2, 0.25) is 0 Å². The largest absolute Gasteiger partial charge is 0.508 e. The number of hydrogen-bond acceptors (Lipinski definition) is 1. The van der Waals surface area contributed by atoms with Gasteiger partial charge in [0, 0.05) is 10.9 Å². The topological polar surface area (TPSA) is 20.2 Å². The maximum absolute atomic E-state index is 10.0. The summed E-state index contributed by atoms with van der Waals surface area (Å²) in [5.41, 5.74) is 0.854. The zero-order chi connectivity index (χ0) is 16.7. The van der Waals surface area contributed by atoms with Crippen LogP contribution in [0.25, 0.3) is 33.9 Å². The highest BCUT2D eigenvalue weighted by atomic mass is 16.3. The molecule has 0 aliphatic rings. The first-order valence-corrected chi connectivity index (χ1v) is 8.01. The molecular weight excluding hydrogens is 268 g/mol. The van der Waals surface area contributed by atoms with Crippen LogP contribution in [0.2, 0.25) is 0 Å². The zero-order valence-corrected chi connectivity index (χ0v) is 14.3. The molecule has 1 N–H and O–H groups in total. The molecule has 0 saturated heterocycles. The first-order chi connectivity index (χ1) is 10.7. The van der Waals surface area contributed by atoms with Crippen LogP contribution in [0.4, 0.5) is 0 Å². The van der Waals surface area contributed by atoms with Gasteiger partial charge in [-0.1, -0.05) is 76.7 Å². The predicted molar refractivity (Wildman–Crippen MR) is 101 cm³/mol. The van der Waals surface area contributed by atoms with Gasteiger partial charge in [0.25, 0.3) is 0 Å². The third kappa shape index (κ3) is 3.14. The molecule has 0 spiro atoms. The molecule has 1 heteroatoms. The van der Waals surface area contributed by atoms with E-state index in [4.69, 9.17) is 0 Å². The summed E-state index contributed by atoms with van der Waals surface area (Å²) in [5, 5.41) is 15.6. The number of rotatable bonds is 1. The maximum atomic E-state index is 10.0. The normalized spacial score (nSPS) is 10.7. The van der Waals surface area contributed by atoms with Crippen molar-refractivity contribution in [2.75, 3.05) is 0 Å². The summed E-state index contributed by atoms with van der Waals surface area (Å²) in [7, 11) is 0. The van der Waals surface area contributed by atoms with E-state index >= 15 is 0 Å². The second-order valence-corrected chi connectivity index (χ2v) is 4.47. The van der Waals surface area contributed by atoms with E-state index < -0.39 is 0 Å². The van der Waals surface area contributed by atoms with Crippen molar-refractivity contribution in [3.8, 4) is 0 Å². The van der Waals surface area contributed by atoms with E-state index in [-0.39, 0.29) is 0 Å². The van der Waals surface area contributed by atoms with Crippen LogP contribution in [0.3, 0.4) is 0 Å². The molecular formula is C21H26O. The first kappa shape index (κ1) is 17.8. The summed E-state index contributed by atoms with van der Waals surface area (Å²) >= 11 is 0. The summed E-state index contributed by atoms with van der Waals surface area (Å²) in [6.07, 6.45) is 1.71. The third-order valence-corrected chi connectivity index (χ3v) is 3.41. The van der Waals surface area contributed by atoms with Crippen molar-refractivity contribution >= 4 is 33.9 Å². The molecule has 1 nitrogen and oxygen atoms in total. The van der Waals surface area contributed by atoms with E-state index in [9.17, 15) is 5.11 Å². The highest BCUT2D eigenvalue weighted by molar-refractivity contribution is 6.13. The molecule has 0 aromatic heterocycles. The lowest BCUT2D eigenvalue weighted by atomic mass is 9.95. The van der Waals surface area contributed by atoms with E-state index in [0.717, 1.165) is 16.2 Å². The van der Waals surface area contributed by atoms with Crippen LogP contribution in [0.1, 0.15) is 40.2 Å². The van der Waals surface area contributed by atoms with Crippen LogP contribution in [0, 0.1) is 0 Å². The van der Waals surface area contributed by atoms with Crippen molar-refractivity contribution in [3.63, 3.8) is 0 Å². The second-order valence-electron chi connectivity index (χ2n) is 4.47. The number of benzene rings is 3. The van der Waals surface area contributed by atoms with Gasteiger partial charge < -0.3 is 5.11 Å². The Balaban J connectivity index is 0.000000561. The molecule has 0 fully saturated rings. The lowest BCUT2D eigenvalue weighted by Gasteiger charge is -2.10. The van der Waals surface area contributed by atoms with E-state index in [1.165, 1.54) is 16.2 Å². The zero-order valence-electron chi connectivity index (χ0n) is 14.3. The lowest BCUT2D eigenvalue weighted by molar-refractivity contribution is 0.512. The van der Waals surface area contributed by atoms with Crippen molar-refractivity contribution in [1.29, 1.82) is 0 Å². The molecule has 3 rings (SSSR count). The predicted octanol–water partition coefficient (Wildman–Crippen LogP) is 6.09. The fraction of sp³-hybridized carbons (Fsp3) is 0.238. The standard InChI is InChI=1S/C17H14O.2C2H6/c1-3-15(18)14-10-9-13-6-4-5-12-8-7-11(2)16(14)17(12)13;2*1-2/h3-10,18H,2H2,1H3;2*1-2H3/b15-3+;;. The van der Waals surface area contributed by atoms with E-state index in [0.29, 0.717) is 5.76 Å². The Bertz CT molecular complexity index is 797. The third-order valence-electron chi connectivity index (χ3n) is 3.41. The summed E-state index contributed by atoms with van der Waals surface area (Å²) in [6, 6.07) is 14.3. The highest BCUT2D eigenvalue weighted by Crippen LogP contribution is 2.29. The Morgan fingerprint density at radius 2 is 1.41 bits per heavy atom. The molecule has 0 atom stereocenters. The second kappa shape index (κ2) is 8.23. The molecule has 3 aromatic carbocycles. The Morgan fingerprint density at radius 1 is 0.864 bits per heavy atom. The smallest absolute Gasteiger partial charge is 0.119 e. The quantitative estimate of drug-likeness (QED) is 0.538. The minimum atomic E-state index is 0.304. The number of hydrogen-bond donors (Lipinski definition) is 1. The molecule has 116 valence electrons. The first-order valence-electron chi connectivity index (χ1n) is 8.01. The molecule has 0 amide bonds. The Labute approximate surface area is 133 Å². The van der Waals surface area contributed by atoms with Gasteiger partial charge in [-0.3, -0.25) is 0 Å². The number of aliphatic hydroxyl groups is 1. The average Bonchev–Trinajstić information content (AvgIpc) is 2.61. The van der Waals surface area contributed by atoms with Crippen molar-refractivity contribution in [3.05, 3.63) is 59.3 Å². The van der Waals surface area contributed by atoms with Crippen molar-refractivity contribution in [1.82, 2.24) is 0 Å². The average molecular weight is 294 g/mol. The maximum Gasteiger partial charge on any atom is 0.119 e. The number of aliphatic hydroxyl groups excluding tert-OH is 1. The highest BCUT2D eigenvalue weighted by Gasteiger charge is 2.09. The SMILES string of the molecule is C=c1ccc2cccc3ccc(/C(O)=C\C)c1c32.CC.CC. The molecule has 0 aliphatic heterocycles. The van der Waals surface area contributed by atoms with Gasteiger partial charge in [-0.15, -0.1) is 0 Å². The molecule has 0 aliphatic carbocycles. The molecule has 3 aromatic rings. The molecule has 0 heterocycles. The van der Waals surface area contributed by atoms with E-state index in [2.05, 4.69) is 30.8 Å². The van der Waals surface area contributed by atoms with Crippen LogP contribution in [0.5, 0.6) is 0 Å². The Hall–Kier alpha value is -2.28. The molecule has 0 radical (unpaired) electrons. The van der Waals surface area contributed by atoms with Crippen molar-refractivity contribution < 1.29 is 5.11 Å². The van der Waals surface area contributed by atoms with Crippen LogP contribution < -0.4 is 5.22 Å². The van der Waals surface area contributed by atoms with Gasteiger partial charge in [0.15, 0.2) is 0 Å². The van der Waals surface area contributed by atoms with Gasteiger partial charge in [0.05, 0.1) is 0 Å². The molecule has 0 saturated carbocycles. The van der Waals surface area contributed by atoms with Crippen molar-refractivity contribution in [2.45, 2.75) is 34.6 Å². The molecule has 22 heavy (non-hydrogen) atoms. The summed E-state index contributed by atoms with van der Waals surface area (Å²) in [5.74, 6) is 0.304. The van der Waals surface area contributed by atoms with Crippen LogP contribution in [-0.4, -0.2) is 5.11 Å². The van der Waals surface area contributed by atoms with Crippen LogP contribution in [-0.2, 0) is 0 Å². The van der Waals surface area contributed by atoms with Gasteiger partial charge in [-0.05, 0) is 34.4 Å². The van der Waals surface area contributed by atoms with Crippen LogP contribution in [0.15, 0.2) is 48.5 Å². The monoisotopic (exact) mass is 294 g/mol.